The first-order valence-electron chi connectivity index (χ1n) is 11.2. The van der Waals surface area contributed by atoms with E-state index in [2.05, 4.69) is 46.4 Å². The molecule has 1 fully saturated rings. The lowest BCUT2D eigenvalue weighted by atomic mass is 9.99. The number of carbonyl (C=O) groups is 1. The lowest BCUT2D eigenvalue weighted by molar-refractivity contribution is -0.120. The number of nitrogens with zero attached hydrogens (tertiary/aromatic N) is 2. The number of amides is 1. The smallest absolute Gasteiger partial charge is 0.226 e. The predicted octanol–water partition coefficient (Wildman–Crippen LogP) is 4.74. The van der Waals surface area contributed by atoms with E-state index in [-0.39, 0.29) is 12.3 Å². The fourth-order valence-electron chi connectivity index (χ4n) is 3.95. The van der Waals surface area contributed by atoms with Crippen LogP contribution < -0.4 is 5.32 Å². The standard InChI is InChI=1S/C26H31N3O2/c1-19-12-14-29(15-13-19)18-22-10-8-21(9-11-22)17-27-25(30)16-24-20(2)31-26(28-24)23-6-4-3-5-7-23/h3-11,19H,12-18H2,1-2H3,(H,27,30). The molecule has 2 heterocycles. The predicted molar refractivity (Wildman–Crippen MR) is 122 cm³/mol. The third kappa shape index (κ3) is 5.82. The summed E-state index contributed by atoms with van der Waals surface area (Å²) in [6.45, 7) is 8.09. The SMILES string of the molecule is Cc1oc(-c2ccccc2)nc1CC(=O)NCc1ccc(CN2CCC(C)CC2)cc1. The molecule has 2 aromatic carbocycles. The number of hydrogen-bond donors (Lipinski definition) is 1. The van der Waals surface area contributed by atoms with Gasteiger partial charge in [0, 0.05) is 18.7 Å². The van der Waals surface area contributed by atoms with Gasteiger partial charge in [0.25, 0.3) is 0 Å². The van der Waals surface area contributed by atoms with Crippen LogP contribution >= 0.6 is 0 Å². The van der Waals surface area contributed by atoms with Gasteiger partial charge in [-0.15, -0.1) is 0 Å². The van der Waals surface area contributed by atoms with Gasteiger partial charge >= 0.3 is 0 Å². The summed E-state index contributed by atoms with van der Waals surface area (Å²) in [5, 5.41) is 3.00. The molecule has 1 aromatic heterocycles. The van der Waals surface area contributed by atoms with Crippen LogP contribution in [0.5, 0.6) is 0 Å². The molecule has 4 rings (SSSR count). The van der Waals surface area contributed by atoms with Gasteiger partial charge in [0.05, 0.1) is 12.1 Å². The second-order valence-electron chi connectivity index (χ2n) is 8.62. The summed E-state index contributed by atoms with van der Waals surface area (Å²) in [5.74, 6) is 2.04. The number of aromatic nitrogens is 1. The first-order valence-corrected chi connectivity index (χ1v) is 11.2. The Morgan fingerprint density at radius 3 is 2.45 bits per heavy atom. The van der Waals surface area contributed by atoms with Crippen molar-refractivity contribution in [2.24, 2.45) is 5.92 Å². The lowest BCUT2D eigenvalue weighted by Crippen LogP contribution is -2.32. The monoisotopic (exact) mass is 417 g/mol. The zero-order valence-corrected chi connectivity index (χ0v) is 18.4. The van der Waals surface area contributed by atoms with Gasteiger partial charge in [-0.2, -0.15) is 0 Å². The number of hydrogen-bond acceptors (Lipinski definition) is 4. The number of aryl methyl sites for hydroxylation is 1. The zero-order valence-electron chi connectivity index (χ0n) is 18.4. The van der Waals surface area contributed by atoms with Crippen LogP contribution in [0.25, 0.3) is 11.5 Å². The van der Waals surface area contributed by atoms with Crippen molar-refractivity contribution in [3.05, 3.63) is 77.2 Å². The number of likely N-dealkylation sites (tertiary alicyclic amines) is 1. The molecule has 0 saturated carbocycles. The van der Waals surface area contributed by atoms with Crippen molar-refractivity contribution in [1.29, 1.82) is 0 Å². The van der Waals surface area contributed by atoms with Gasteiger partial charge in [0.1, 0.15) is 5.76 Å². The van der Waals surface area contributed by atoms with E-state index in [0.29, 0.717) is 23.9 Å². The van der Waals surface area contributed by atoms with Crippen LogP contribution in [0.15, 0.2) is 59.0 Å². The first-order chi connectivity index (χ1) is 15.1. The lowest BCUT2D eigenvalue weighted by Gasteiger charge is -2.30. The highest BCUT2D eigenvalue weighted by Crippen LogP contribution is 2.22. The van der Waals surface area contributed by atoms with Crippen molar-refractivity contribution >= 4 is 5.91 Å². The number of nitrogens with one attached hydrogen (secondary N) is 1. The summed E-state index contributed by atoms with van der Waals surface area (Å²) < 4.78 is 5.75. The van der Waals surface area contributed by atoms with Crippen LogP contribution in [0.4, 0.5) is 0 Å². The van der Waals surface area contributed by atoms with Crippen LogP contribution in [-0.2, 0) is 24.3 Å². The zero-order chi connectivity index (χ0) is 21.6. The minimum absolute atomic E-state index is 0.0532. The van der Waals surface area contributed by atoms with E-state index in [4.69, 9.17) is 4.42 Å². The number of oxazole rings is 1. The van der Waals surface area contributed by atoms with Gasteiger partial charge in [-0.05, 0) is 62.0 Å². The molecule has 5 heteroatoms. The molecular weight excluding hydrogens is 386 g/mol. The highest BCUT2D eigenvalue weighted by Gasteiger charge is 2.16. The average molecular weight is 418 g/mol. The van der Waals surface area contributed by atoms with Gasteiger partial charge in [0.15, 0.2) is 0 Å². The number of piperidine rings is 1. The molecule has 0 atom stereocenters. The second-order valence-corrected chi connectivity index (χ2v) is 8.62. The fourth-order valence-corrected chi connectivity index (χ4v) is 3.95. The van der Waals surface area contributed by atoms with E-state index in [1.54, 1.807) is 0 Å². The molecule has 0 unspecified atom stereocenters. The van der Waals surface area contributed by atoms with E-state index in [1.165, 1.54) is 31.5 Å². The summed E-state index contributed by atoms with van der Waals surface area (Å²) >= 11 is 0. The van der Waals surface area contributed by atoms with Crippen molar-refractivity contribution in [1.82, 2.24) is 15.2 Å². The highest BCUT2D eigenvalue weighted by atomic mass is 16.4. The first kappa shape index (κ1) is 21.3. The highest BCUT2D eigenvalue weighted by molar-refractivity contribution is 5.78. The molecule has 1 aliphatic heterocycles. The third-order valence-corrected chi connectivity index (χ3v) is 6.04. The molecule has 1 amide bonds. The Hall–Kier alpha value is -2.92. The maximum Gasteiger partial charge on any atom is 0.226 e. The Morgan fingerprint density at radius 1 is 1.06 bits per heavy atom. The van der Waals surface area contributed by atoms with Crippen molar-refractivity contribution in [2.45, 2.75) is 46.2 Å². The van der Waals surface area contributed by atoms with Crippen LogP contribution in [0, 0.1) is 12.8 Å². The van der Waals surface area contributed by atoms with Crippen molar-refractivity contribution in [2.75, 3.05) is 13.1 Å². The maximum atomic E-state index is 12.4. The van der Waals surface area contributed by atoms with Crippen LogP contribution in [0.2, 0.25) is 0 Å². The van der Waals surface area contributed by atoms with E-state index in [1.807, 2.05) is 37.3 Å². The van der Waals surface area contributed by atoms with E-state index >= 15 is 0 Å². The van der Waals surface area contributed by atoms with Gasteiger partial charge in [0.2, 0.25) is 11.8 Å². The van der Waals surface area contributed by atoms with Crippen molar-refractivity contribution in [3.8, 4) is 11.5 Å². The van der Waals surface area contributed by atoms with Crippen LogP contribution in [0.1, 0.15) is 42.3 Å². The normalized spacial score (nSPS) is 15.2. The summed E-state index contributed by atoms with van der Waals surface area (Å²) in [6, 6.07) is 18.3. The Bertz CT molecular complexity index is 987. The molecule has 5 nitrogen and oxygen atoms in total. The van der Waals surface area contributed by atoms with Gasteiger partial charge in [-0.1, -0.05) is 49.4 Å². The second kappa shape index (κ2) is 9.92. The molecular formula is C26H31N3O2. The maximum absolute atomic E-state index is 12.4. The largest absolute Gasteiger partial charge is 0.441 e. The third-order valence-electron chi connectivity index (χ3n) is 6.04. The Balaban J connectivity index is 1.27. The minimum atomic E-state index is -0.0532. The molecule has 0 bridgehead atoms. The summed E-state index contributed by atoms with van der Waals surface area (Å²) in [6.07, 6.45) is 2.80. The van der Waals surface area contributed by atoms with Gasteiger partial charge < -0.3 is 9.73 Å². The quantitative estimate of drug-likeness (QED) is 0.603. The molecule has 162 valence electrons. The van der Waals surface area contributed by atoms with Crippen molar-refractivity contribution in [3.63, 3.8) is 0 Å². The Morgan fingerprint density at radius 2 is 1.74 bits per heavy atom. The Labute approximate surface area is 184 Å². The molecule has 1 aliphatic rings. The van der Waals surface area contributed by atoms with E-state index in [9.17, 15) is 4.79 Å². The molecule has 31 heavy (non-hydrogen) atoms. The van der Waals surface area contributed by atoms with Gasteiger partial charge in [-0.3, -0.25) is 9.69 Å². The summed E-state index contributed by atoms with van der Waals surface area (Å²) in [4.78, 5) is 19.5. The van der Waals surface area contributed by atoms with Crippen LogP contribution in [-0.4, -0.2) is 28.9 Å². The van der Waals surface area contributed by atoms with E-state index in [0.717, 1.165) is 23.6 Å². The molecule has 1 saturated heterocycles. The number of carbonyl (C=O) groups excluding carboxylic acids is 1. The molecule has 1 N–H and O–H groups in total. The molecule has 3 aromatic rings. The minimum Gasteiger partial charge on any atom is -0.441 e. The average Bonchev–Trinajstić information content (AvgIpc) is 3.15. The Kier molecular flexibility index (Phi) is 6.82. The van der Waals surface area contributed by atoms with E-state index < -0.39 is 0 Å². The fraction of sp³-hybridized carbons (Fsp3) is 0.385. The van der Waals surface area contributed by atoms with Crippen LogP contribution in [0.3, 0.4) is 0 Å². The molecule has 0 radical (unpaired) electrons. The number of benzene rings is 2. The summed E-state index contributed by atoms with van der Waals surface area (Å²) in [5.41, 5.74) is 4.03. The molecule has 0 spiro atoms. The molecule has 0 aliphatic carbocycles. The van der Waals surface area contributed by atoms with Gasteiger partial charge in [-0.25, -0.2) is 4.98 Å². The topological polar surface area (TPSA) is 58.4 Å². The van der Waals surface area contributed by atoms with Crippen molar-refractivity contribution < 1.29 is 9.21 Å². The number of rotatable bonds is 7. The summed E-state index contributed by atoms with van der Waals surface area (Å²) in [7, 11) is 0.